The molecule has 1 fully saturated rings. The summed E-state index contributed by atoms with van der Waals surface area (Å²) in [5.41, 5.74) is 2.27. The quantitative estimate of drug-likeness (QED) is 0.803. The van der Waals surface area contributed by atoms with E-state index in [1.165, 1.54) is 12.1 Å². The predicted octanol–water partition coefficient (Wildman–Crippen LogP) is 1.18. The van der Waals surface area contributed by atoms with Crippen molar-refractivity contribution < 1.29 is 0 Å². The van der Waals surface area contributed by atoms with E-state index >= 15 is 0 Å². The Bertz CT molecular complexity index is 318. The topological polar surface area (TPSA) is 28.2 Å². The summed E-state index contributed by atoms with van der Waals surface area (Å²) in [6, 6.07) is 6.90. The van der Waals surface area contributed by atoms with Crippen molar-refractivity contribution in [2.24, 2.45) is 0 Å². The highest BCUT2D eigenvalue weighted by Gasteiger charge is 2.19. The van der Waals surface area contributed by atoms with E-state index in [4.69, 9.17) is 0 Å². The van der Waals surface area contributed by atoms with Crippen molar-refractivity contribution in [1.29, 1.82) is 0 Å². The number of hydrogen-bond acceptors (Lipinski definition) is 3. The first-order chi connectivity index (χ1) is 7.25. The maximum absolute atomic E-state index is 4.52. The smallest absolute Gasteiger partial charge is 0.0547 e. The summed E-state index contributed by atoms with van der Waals surface area (Å²) in [6.07, 6.45) is 1.25. The second kappa shape index (κ2) is 4.73. The highest BCUT2D eigenvalue weighted by Crippen LogP contribution is 2.10. The molecule has 15 heavy (non-hydrogen) atoms. The van der Waals surface area contributed by atoms with Crippen molar-refractivity contribution in [3.8, 4) is 0 Å². The molecule has 1 N–H and O–H groups in total. The van der Waals surface area contributed by atoms with Gasteiger partial charge in [0.2, 0.25) is 0 Å². The maximum atomic E-state index is 4.52. The Morgan fingerprint density at radius 2 is 2.40 bits per heavy atom. The molecule has 0 bridgehead atoms. The number of aryl methyl sites for hydroxylation is 1. The molecule has 0 aliphatic carbocycles. The minimum atomic E-state index is 0.673. The maximum Gasteiger partial charge on any atom is 0.0547 e. The monoisotopic (exact) mass is 205 g/mol. The van der Waals surface area contributed by atoms with Crippen LogP contribution in [0.3, 0.4) is 0 Å². The van der Waals surface area contributed by atoms with Gasteiger partial charge in [-0.25, -0.2) is 0 Å². The molecule has 2 heterocycles. The largest absolute Gasteiger partial charge is 0.315 e. The zero-order valence-electron chi connectivity index (χ0n) is 9.53. The molecule has 3 nitrogen and oxygen atoms in total. The third kappa shape index (κ3) is 2.76. The van der Waals surface area contributed by atoms with E-state index in [0.717, 1.165) is 25.3 Å². The lowest BCUT2D eigenvalue weighted by molar-refractivity contribution is 0.246. The second-order valence-electron chi connectivity index (χ2n) is 4.33. The van der Waals surface area contributed by atoms with Gasteiger partial charge in [0.05, 0.1) is 5.69 Å². The summed E-state index contributed by atoms with van der Waals surface area (Å²) >= 11 is 0. The number of rotatable bonds is 3. The van der Waals surface area contributed by atoms with Gasteiger partial charge in [-0.05, 0) is 39.1 Å². The number of nitrogens with one attached hydrogen (secondary N) is 1. The van der Waals surface area contributed by atoms with E-state index in [1.54, 1.807) is 0 Å². The van der Waals surface area contributed by atoms with E-state index in [2.05, 4.69) is 34.4 Å². The molecule has 1 aliphatic heterocycles. The Morgan fingerprint density at radius 1 is 1.53 bits per heavy atom. The summed E-state index contributed by atoms with van der Waals surface area (Å²) in [4.78, 5) is 6.91. The fourth-order valence-electron chi connectivity index (χ4n) is 2.09. The Kier molecular flexibility index (Phi) is 3.34. The minimum absolute atomic E-state index is 0.673. The lowest BCUT2D eigenvalue weighted by Gasteiger charge is -2.22. The zero-order valence-corrected chi connectivity index (χ0v) is 9.53. The zero-order chi connectivity index (χ0) is 10.7. The molecule has 0 aromatic carbocycles. The third-order valence-electron chi connectivity index (χ3n) is 3.02. The van der Waals surface area contributed by atoms with Crippen LogP contribution in [0.1, 0.15) is 17.8 Å². The molecule has 0 amide bonds. The predicted molar refractivity (Wildman–Crippen MR) is 61.7 cm³/mol. The van der Waals surface area contributed by atoms with Crippen LogP contribution >= 0.6 is 0 Å². The van der Waals surface area contributed by atoms with Gasteiger partial charge in [-0.2, -0.15) is 0 Å². The van der Waals surface area contributed by atoms with Gasteiger partial charge in [0, 0.05) is 24.8 Å². The number of likely N-dealkylation sites (N-methyl/N-ethyl adjacent to an activating group) is 1. The lowest BCUT2D eigenvalue weighted by atomic mass is 10.2. The number of aromatic nitrogens is 1. The van der Waals surface area contributed by atoms with Crippen molar-refractivity contribution in [3.05, 3.63) is 29.6 Å². The summed E-state index contributed by atoms with van der Waals surface area (Å²) in [5, 5.41) is 3.39. The van der Waals surface area contributed by atoms with Crippen LogP contribution < -0.4 is 5.32 Å². The first kappa shape index (κ1) is 10.6. The molecule has 1 aromatic rings. The number of pyridine rings is 1. The first-order valence-corrected chi connectivity index (χ1v) is 5.59. The summed E-state index contributed by atoms with van der Waals surface area (Å²) in [5.74, 6) is 0. The average Bonchev–Trinajstić information content (AvgIpc) is 2.70. The highest BCUT2D eigenvalue weighted by atomic mass is 15.2. The SMILES string of the molecule is Cc1cccc(CN(C)C2CCNC2)n1. The van der Waals surface area contributed by atoms with E-state index in [0.29, 0.717) is 6.04 Å². The third-order valence-corrected chi connectivity index (χ3v) is 3.02. The van der Waals surface area contributed by atoms with E-state index < -0.39 is 0 Å². The van der Waals surface area contributed by atoms with E-state index in [9.17, 15) is 0 Å². The van der Waals surface area contributed by atoms with Gasteiger partial charge >= 0.3 is 0 Å². The second-order valence-corrected chi connectivity index (χ2v) is 4.33. The first-order valence-electron chi connectivity index (χ1n) is 5.59. The fourth-order valence-corrected chi connectivity index (χ4v) is 2.09. The molecular weight excluding hydrogens is 186 g/mol. The number of hydrogen-bond donors (Lipinski definition) is 1. The molecule has 0 saturated carbocycles. The van der Waals surface area contributed by atoms with E-state index in [1.807, 2.05) is 13.0 Å². The number of nitrogens with zero attached hydrogens (tertiary/aromatic N) is 2. The van der Waals surface area contributed by atoms with Gasteiger partial charge in [-0.3, -0.25) is 9.88 Å². The molecule has 1 saturated heterocycles. The van der Waals surface area contributed by atoms with Gasteiger partial charge < -0.3 is 5.32 Å². The van der Waals surface area contributed by atoms with Crippen LogP contribution in [0.5, 0.6) is 0 Å². The van der Waals surface area contributed by atoms with Gasteiger partial charge in [0.25, 0.3) is 0 Å². The van der Waals surface area contributed by atoms with Crippen LogP contribution in [0.2, 0.25) is 0 Å². The molecule has 0 spiro atoms. The van der Waals surface area contributed by atoms with Crippen LogP contribution in [-0.2, 0) is 6.54 Å². The Morgan fingerprint density at radius 3 is 3.07 bits per heavy atom. The molecule has 1 unspecified atom stereocenters. The molecule has 1 atom stereocenters. The summed E-state index contributed by atoms with van der Waals surface area (Å²) < 4.78 is 0. The lowest BCUT2D eigenvalue weighted by Crippen LogP contribution is -2.33. The van der Waals surface area contributed by atoms with Crippen LogP contribution in [-0.4, -0.2) is 36.1 Å². The normalized spacial score (nSPS) is 21.1. The fraction of sp³-hybridized carbons (Fsp3) is 0.583. The van der Waals surface area contributed by atoms with Gasteiger partial charge in [0.1, 0.15) is 0 Å². The Balaban J connectivity index is 1.95. The van der Waals surface area contributed by atoms with Crippen LogP contribution in [0.15, 0.2) is 18.2 Å². The highest BCUT2D eigenvalue weighted by molar-refractivity contribution is 5.09. The Labute approximate surface area is 91.5 Å². The van der Waals surface area contributed by atoms with Crippen LogP contribution in [0, 0.1) is 6.92 Å². The standard InChI is InChI=1S/C12H19N3/c1-10-4-3-5-11(14-10)9-15(2)12-6-7-13-8-12/h3-5,12-13H,6-9H2,1-2H3. The van der Waals surface area contributed by atoms with Gasteiger partial charge in [0.15, 0.2) is 0 Å². The molecule has 2 rings (SSSR count). The van der Waals surface area contributed by atoms with E-state index in [-0.39, 0.29) is 0 Å². The van der Waals surface area contributed by atoms with Crippen molar-refractivity contribution in [3.63, 3.8) is 0 Å². The molecule has 82 valence electrons. The summed E-state index contributed by atoms with van der Waals surface area (Å²) in [7, 11) is 2.18. The van der Waals surface area contributed by atoms with Crippen LogP contribution in [0.4, 0.5) is 0 Å². The van der Waals surface area contributed by atoms with Crippen molar-refractivity contribution in [2.45, 2.75) is 25.9 Å². The average molecular weight is 205 g/mol. The molecule has 3 heteroatoms. The molecular formula is C12H19N3. The minimum Gasteiger partial charge on any atom is -0.315 e. The Hall–Kier alpha value is -0.930. The molecule has 1 aliphatic rings. The van der Waals surface area contributed by atoms with Crippen molar-refractivity contribution >= 4 is 0 Å². The van der Waals surface area contributed by atoms with Crippen LogP contribution in [0.25, 0.3) is 0 Å². The van der Waals surface area contributed by atoms with Crippen molar-refractivity contribution in [2.75, 3.05) is 20.1 Å². The molecule has 1 aromatic heterocycles. The summed E-state index contributed by atoms with van der Waals surface area (Å²) in [6.45, 7) is 5.26. The van der Waals surface area contributed by atoms with Gasteiger partial charge in [-0.15, -0.1) is 0 Å². The molecule has 0 radical (unpaired) electrons. The van der Waals surface area contributed by atoms with Crippen molar-refractivity contribution in [1.82, 2.24) is 15.2 Å². The van der Waals surface area contributed by atoms with Gasteiger partial charge in [-0.1, -0.05) is 6.07 Å².